The van der Waals surface area contributed by atoms with Crippen LogP contribution in [0.3, 0.4) is 0 Å². The molecule has 1 rings (SSSR count). The summed E-state index contributed by atoms with van der Waals surface area (Å²) in [6.07, 6.45) is 10.8. The van der Waals surface area contributed by atoms with Crippen LogP contribution in [-0.4, -0.2) is 24.8 Å². The Kier molecular flexibility index (Phi) is 10.0. The van der Waals surface area contributed by atoms with Gasteiger partial charge < -0.3 is 10.0 Å². The van der Waals surface area contributed by atoms with Gasteiger partial charge in [-0.3, -0.25) is 0 Å². The summed E-state index contributed by atoms with van der Waals surface area (Å²) in [5, 5.41) is 9.18. The fourth-order valence-electron chi connectivity index (χ4n) is 2.57. The van der Waals surface area contributed by atoms with Crippen molar-refractivity contribution in [2.45, 2.75) is 58.3 Å². The first-order valence-electron chi connectivity index (χ1n) is 8.29. The smallest absolute Gasteiger partial charge is 0.0606 e. The number of para-hydroxylation sites is 1. The molecule has 0 heterocycles. The van der Waals surface area contributed by atoms with Crippen LogP contribution in [0.25, 0.3) is 0 Å². The molecule has 0 amide bonds. The number of hydrogen-bond donors (Lipinski definition) is 1. The molecule has 2 heteroatoms. The Hall–Kier alpha value is -1.02. The fourth-order valence-corrected chi connectivity index (χ4v) is 2.57. The molecular formula is C18H31NO. The summed E-state index contributed by atoms with van der Waals surface area (Å²) in [6, 6.07) is 10.4. The molecule has 1 N–H and O–H groups in total. The Labute approximate surface area is 124 Å². The summed E-state index contributed by atoms with van der Waals surface area (Å²) in [7, 11) is 0. The first-order valence-corrected chi connectivity index (χ1v) is 8.29. The van der Waals surface area contributed by atoms with Gasteiger partial charge in [-0.25, -0.2) is 0 Å². The van der Waals surface area contributed by atoms with Crippen molar-refractivity contribution in [3.8, 4) is 0 Å². The number of unbranched alkanes of at least 4 members (excludes halogenated alkanes) is 7. The quantitative estimate of drug-likeness (QED) is 0.563. The number of benzene rings is 1. The van der Waals surface area contributed by atoms with Crippen LogP contribution in [0.4, 0.5) is 5.69 Å². The van der Waals surface area contributed by atoms with Gasteiger partial charge in [-0.15, -0.1) is 0 Å². The Balaban J connectivity index is 2.14. The lowest BCUT2D eigenvalue weighted by atomic mass is 10.1. The second-order valence-corrected chi connectivity index (χ2v) is 5.52. The van der Waals surface area contributed by atoms with E-state index in [9.17, 15) is 5.11 Å². The average molecular weight is 277 g/mol. The molecule has 1 aromatic carbocycles. The molecule has 0 aliphatic rings. The van der Waals surface area contributed by atoms with Gasteiger partial charge in [0, 0.05) is 18.8 Å². The van der Waals surface area contributed by atoms with Gasteiger partial charge in [-0.1, -0.05) is 70.1 Å². The SMILES string of the molecule is CCCCCCCCCCN(CCO)c1ccccc1. The molecule has 0 aliphatic heterocycles. The maximum absolute atomic E-state index is 9.18. The van der Waals surface area contributed by atoms with Gasteiger partial charge in [0.1, 0.15) is 0 Å². The summed E-state index contributed by atoms with van der Waals surface area (Å²) in [4.78, 5) is 2.29. The number of aliphatic hydroxyl groups excluding tert-OH is 1. The Bertz CT molecular complexity index is 312. The van der Waals surface area contributed by atoms with Crippen LogP contribution in [0.15, 0.2) is 30.3 Å². The van der Waals surface area contributed by atoms with Crippen molar-refractivity contribution in [1.29, 1.82) is 0 Å². The number of anilines is 1. The van der Waals surface area contributed by atoms with Crippen LogP contribution in [0, 0.1) is 0 Å². The molecule has 0 radical (unpaired) electrons. The minimum absolute atomic E-state index is 0.228. The molecular weight excluding hydrogens is 246 g/mol. The van der Waals surface area contributed by atoms with Gasteiger partial charge in [-0.2, -0.15) is 0 Å². The Morgan fingerprint density at radius 3 is 2.00 bits per heavy atom. The predicted octanol–water partition coefficient (Wildman–Crippen LogP) is 4.63. The zero-order chi connectivity index (χ0) is 14.5. The highest BCUT2D eigenvalue weighted by molar-refractivity contribution is 5.45. The summed E-state index contributed by atoms with van der Waals surface area (Å²) in [5.41, 5.74) is 1.23. The van der Waals surface area contributed by atoms with Crippen molar-refractivity contribution in [2.24, 2.45) is 0 Å². The molecule has 114 valence electrons. The van der Waals surface area contributed by atoms with Crippen LogP contribution in [0.1, 0.15) is 58.3 Å². The number of rotatable bonds is 12. The van der Waals surface area contributed by atoms with E-state index >= 15 is 0 Å². The molecule has 0 saturated carbocycles. The van der Waals surface area contributed by atoms with E-state index in [0.29, 0.717) is 0 Å². The van der Waals surface area contributed by atoms with Crippen LogP contribution >= 0.6 is 0 Å². The number of nitrogens with zero attached hydrogens (tertiary/aromatic N) is 1. The van der Waals surface area contributed by atoms with E-state index in [1.807, 2.05) is 6.07 Å². The number of aliphatic hydroxyl groups is 1. The van der Waals surface area contributed by atoms with Crippen molar-refractivity contribution in [3.63, 3.8) is 0 Å². The van der Waals surface area contributed by atoms with E-state index in [2.05, 4.69) is 36.1 Å². The molecule has 2 nitrogen and oxygen atoms in total. The average Bonchev–Trinajstić information content (AvgIpc) is 2.50. The van der Waals surface area contributed by atoms with Gasteiger partial charge in [0.2, 0.25) is 0 Å². The second kappa shape index (κ2) is 11.8. The fraction of sp³-hybridized carbons (Fsp3) is 0.667. The lowest BCUT2D eigenvalue weighted by molar-refractivity contribution is 0.301. The van der Waals surface area contributed by atoms with Crippen molar-refractivity contribution < 1.29 is 5.11 Å². The van der Waals surface area contributed by atoms with Crippen LogP contribution < -0.4 is 4.90 Å². The standard InChI is InChI=1S/C18H31NO/c1-2-3-4-5-6-7-8-12-15-19(16-17-20)18-13-10-9-11-14-18/h9-11,13-14,20H,2-8,12,15-17H2,1H3. The highest BCUT2D eigenvalue weighted by atomic mass is 16.3. The molecule has 0 fully saturated rings. The van der Waals surface area contributed by atoms with Gasteiger partial charge in [-0.05, 0) is 18.6 Å². The zero-order valence-corrected chi connectivity index (χ0v) is 13.1. The molecule has 20 heavy (non-hydrogen) atoms. The van der Waals surface area contributed by atoms with Gasteiger partial charge in [0.15, 0.2) is 0 Å². The molecule has 0 aliphatic carbocycles. The molecule has 1 aromatic rings. The van der Waals surface area contributed by atoms with Crippen molar-refractivity contribution in [1.82, 2.24) is 0 Å². The highest BCUT2D eigenvalue weighted by Crippen LogP contribution is 2.15. The first kappa shape index (κ1) is 17.0. The molecule has 0 saturated heterocycles. The molecule has 0 atom stereocenters. The van der Waals surface area contributed by atoms with Crippen LogP contribution in [-0.2, 0) is 0 Å². The van der Waals surface area contributed by atoms with E-state index in [-0.39, 0.29) is 6.61 Å². The van der Waals surface area contributed by atoms with Crippen LogP contribution in [0.2, 0.25) is 0 Å². The zero-order valence-electron chi connectivity index (χ0n) is 13.1. The highest BCUT2D eigenvalue weighted by Gasteiger charge is 2.04. The van der Waals surface area contributed by atoms with Crippen molar-refractivity contribution >= 4 is 5.69 Å². The Morgan fingerprint density at radius 1 is 0.800 bits per heavy atom. The molecule has 0 spiro atoms. The predicted molar refractivity (Wildman–Crippen MR) is 88.4 cm³/mol. The van der Waals surface area contributed by atoms with Crippen molar-refractivity contribution in [3.05, 3.63) is 30.3 Å². The minimum atomic E-state index is 0.228. The summed E-state index contributed by atoms with van der Waals surface area (Å²) >= 11 is 0. The van der Waals surface area contributed by atoms with E-state index < -0.39 is 0 Å². The normalized spacial score (nSPS) is 10.7. The van der Waals surface area contributed by atoms with E-state index in [1.165, 1.54) is 57.1 Å². The van der Waals surface area contributed by atoms with E-state index in [4.69, 9.17) is 0 Å². The first-order chi connectivity index (χ1) is 9.88. The number of hydrogen-bond acceptors (Lipinski definition) is 2. The lowest BCUT2D eigenvalue weighted by Crippen LogP contribution is -2.27. The monoisotopic (exact) mass is 277 g/mol. The maximum Gasteiger partial charge on any atom is 0.0606 e. The Morgan fingerprint density at radius 2 is 1.40 bits per heavy atom. The third-order valence-corrected chi connectivity index (χ3v) is 3.77. The third-order valence-electron chi connectivity index (χ3n) is 3.77. The minimum Gasteiger partial charge on any atom is -0.395 e. The van der Waals surface area contributed by atoms with Crippen LogP contribution in [0.5, 0.6) is 0 Å². The topological polar surface area (TPSA) is 23.5 Å². The summed E-state index contributed by atoms with van der Waals surface area (Å²) in [5.74, 6) is 0. The molecule has 0 unspecified atom stereocenters. The van der Waals surface area contributed by atoms with E-state index in [0.717, 1.165) is 13.1 Å². The second-order valence-electron chi connectivity index (χ2n) is 5.52. The maximum atomic E-state index is 9.18. The van der Waals surface area contributed by atoms with Gasteiger partial charge in [0.05, 0.1) is 6.61 Å². The van der Waals surface area contributed by atoms with Crippen molar-refractivity contribution in [2.75, 3.05) is 24.6 Å². The largest absolute Gasteiger partial charge is 0.395 e. The molecule has 0 bridgehead atoms. The van der Waals surface area contributed by atoms with E-state index in [1.54, 1.807) is 0 Å². The lowest BCUT2D eigenvalue weighted by Gasteiger charge is -2.23. The third kappa shape index (κ3) is 7.54. The van der Waals surface area contributed by atoms with Gasteiger partial charge in [0.25, 0.3) is 0 Å². The van der Waals surface area contributed by atoms with Gasteiger partial charge >= 0.3 is 0 Å². The summed E-state index contributed by atoms with van der Waals surface area (Å²) < 4.78 is 0. The molecule has 0 aromatic heterocycles. The summed E-state index contributed by atoms with van der Waals surface area (Å²) in [6.45, 7) is 4.28.